The summed E-state index contributed by atoms with van der Waals surface area (Å²) in [5, 5.41) is 0. The highest BCUT2D eigenvalue weighted by atomic mass is 16.5. The predicted octanol–water partition coefficient (Wildman–Crippen LogP) is 1.30. The standard InChI is InChI=1S/C12H12N2O2/c1-16-11-5-2-4-10(8-11)9-14-7-3-6-13-12(14)15/h2-8H,9H2,1H3. The van der Waals surface area contributed by atoms with Gasteiger partial charge >= 0.3 is 5.69 Å². The molecule has 4 heteroatoms. The van der Waals surface area contributed by atoms with Crippen LogP contribution in [0.1, 0.15) is 5.56 Å². The number of ether oxygens (including phenoxy) is 1. The van der Waals surface area contributed by atoms with Crippen LogP contribution in [-0.2, 0) is 6.54 Å². The van der Waals surface area contributed by atoms with Gasteiger partial charge in [-0.1, -0.05) is 12.1 Å². The summed E-state index contributed by atoms with van der Waals surface area (Å²) in [5.74, 6) is 0.787. The Balaban J connectivity index is 2.27. The van der Waals surface area contributed by atoms with E-state index in [1.165, 1.54) is 6.20 Å². The minimum Gasteiger partial charge on any atom is -0.497 e. The summed E-state index contributed by atoms with van der Waals surface area (Å²) in [4.78, 5) is 15.1. The van der Waals surface area contributed by atoms with Gasteiger partial charge in [-0.15, -0.1) is 0 Å². The third-order valence-corrected chi connectivity index (χ3v) is 2.27. The normalized spacial score (nSPS) is 10.1. The monoisotopic (exact) mass is 216 g/mol. The van der Waals surface area contributed by atoms with Crippen LogP contribution in [0, 0.1) is 0 Å². The molecule has 1 aromatic heterocycles. The van der Waals surface area contributed by atoms with E-state index in [0.29, 0.717) is 6.54 Å². The summed E-state index contributed by atoms with van der Waals surface area (Å²) in [6, 6.07) is 9.36. The summed E-state index contributed by atoms with van der Waals surface area (Å²) in [7, 11) is 1.62. The number of benzene rings is 1. The molecule has 4 nitrogen and oxygen atoms in total. The third-order valence-electron chi connectivity index (χ3n) is 2.27. The summed E-state index contributed by atoms with van der Waals surface area (Å²) >= 11 is 0. The van der Waals surface area contributed by atoms with Gasteiger partial charge in [0.15, 0.2) is 0 Å². The average Bonchev–Trinajstić information content (AvgIpc) is 2.32. The van der Waals surface area contributed by atoms with Gasteiger partial charge in [-0.2, -0.15) is 0 Å². The van der Waals surface area contributed by atoms with Crippen molar-refractivity contribution in [2.24, 2.45) is 0 Å². The first-order chi connectivity index (χ1) is 7.79. The summed E-state index contributed by atoms with van der Waals surface area (Å²) in [5.41, 5.74) is 0.764. The Labute approximate surface area is 93.1 Å². The zero-order valence-corrected chi connectivity index (χ0v) is 8.96. The second-order valence-electron chi connectivity index (χ2n) is 3.38. The largest absolute Gasteiger partial charge is 0.497 e. The summed E-state index contributed by atoms with van der Waals surface area (Å²) < 4.78 is 6.67. The molecule has 0 saturated carbocycles. The number of aromatic nitrogens is 2. The molecule has 1 heterocycles. The van der Waals surface area contributed by atoms with Crippen molar-refractivity contribution >= 4 is 0 Å². The van der Waals surface area contributed by atoms with Gasteiger partial charge < -0.3 is 4.74 Å². The fourth-order valence-corrected chi connectivity index (χ4v) is 1.47. The molecule has 0 aliphatic carbocycles. The van der Waals surface area contributed by atoms with Crippen molar-refractivity contribution in [3.63, 3.8) is 0 Å². The van der Waals surface area contributed by atoms with Gasteiger partial charge in [0.1, 0.15) is 5.75 Å². The first-order valence-corrected chi connectivity index (χ1v) is 4.94. The zero-order valence-electron chi connectivity index (χ0n) is 8.96. The Hall–Kier alpha value is -2.10. The van der Waals surface area contributed by atoms with Crippen molar-refractivity contribution in [3.05, 3.63) is 58.8 Å². The van der Waals surface area contributed by atoms with E-state index < -0.39 is 0 Å². The van der Waals surface area contributed by atoms with Crippen molar-refractivity contribution in [2.75, 3.05) is 7.11 Å². The molecule has 0 aliphatic heterocycles. The van der Waals surface area contributed by atoms with Gasteiger partial charge in [-0.3, -0.25) is 4.57 Å². The minimum absolute atomic E-state index is 0.245. The van der Waals surface area contributed by atoms with E-state index in [4.69, 9.17) is 4.74 Å². The lowest BCUT2D eigenvalue weighted by Gasteiger charge is -2.06. The molecule has 0 saturated heterocycles. The number of rotatable bonds is 3. The second kappa shape index (κ2) is 4.61. The Kier molecular flexibility index (Phi) is 3.00. The molecule has 2 aromatic rings. The van der Waals surface area contributed by atoms with E-state index in [1.807, 2.05) is 24.3 Å². The van der Waals surface area contributed by atoms with Crippen LogP contribution in [0.3, 0.4) is 0 Å². The first-order valence-electron chi connectivity index (χ1n) is 4.94. The van der Waals surface area contributed by atoms with Crippen LogP contribution < -0.4 is 10.4 Å². The van der Waals surface area contributed by atoms with Gasteiger partial charge in [0.2, 0.25) is 0 Å². The van der Waals surface area contributed by atoms with Crippen LogP contribution in [0.5, 0.6) is 5.75 Å². The highest BCUT2D eigenvalue weighted by molar-refractivity contribution is 5.28. The quantitative estimate of drug-likeness (QED) is 0.776. The van der Waals surface area contributed by atoms with Crippen molar-refractivity contribution in [1.29, 1.82) is 0 Å². The van der Waals surface area contributed by atoms with Gasteiger partial charge in [0.25, 0.3) is 0 Å². The van der Waals surface area contributed by atoms with Gasteiger partial charge in [-0.05, 0) is 23.8 Å². The molecule has 0 amide bonds. The summed E-state index contributed by atoms with van der Waals surface area (Å²) in [6.07, 6.45) is 3.21. The molecular formula is C12H12N2O2. The lowest BCUT2D eigenvalue weighted by molar-refractivity contribution is 0.414. The second-order valence-corrected chi connectivity index (χ2v) is 3.38. The van der Waals surface area contributed by atoms with Crippen LogP contribution in [0.2, 0.25) is 0 Å². The Morgan fingerprint density at radius 3 is 3.00 bits per heavy atom. The fraction of sp³-hybridized carbons (Fsp3) is 0.167. The van der Waals surface area contributed by atoms with Crippen molar-refractivity contribution in [1.82, 2.24) is 9.55 Å². The average molecular weight is 216 g/mol. The van der Waals surface area contributed by atoms with E-state index >= 15 is 0 Å². The topological polar surface area (TPSA) is 44.1 Å². The molecule has 16 heavy (non-hydrogen) atoms. The van der Waals surface area contributed by atoms with Gasteiger partial charge in [0, 0.05) is 12.4 Å². The lowest BCUT2D eigenvalue weighted by Crippen LogP contribution is -2.21. The number of hydrogen-bond donors (Lipinski definition) is 0. The molecule has 0 spiro atoms. The maximum Gasteiger partial charge on any atom is 0.347 e. The van der Waals surface area contributed by atoms with Crippen LogP contribution in [-0.4, -0.2) is 16.7 Å². The molecule has 0 atom stereocenters. The molecule has 0 unspecified atom stereocenters. The van der Waals surface area contributed by atoms with Gasteiger partial charge in [-0.25, -0.2) is 9.78 Å². The van der Waals surface area contributed by atoms with Crippen molar-refractivity contribution in [3.8, 4) is 5.75 Å². The number of hydrogen-bond acceptors (Lipinski definition) is 3. The van der Waals surface area contributed by atoms with E-state index in [2.05, 4.69) is 4.98 Å². The molecule has 82 valence electrons. The van der Waals surface area contributed by atoms with E-state index in [9.17, 15) is 4.79 Å². The Morgan fingerprint density at radius 1 is 1.38 bits per heavy atom. The number of methoxy groups -OCH3 is 1. The lowest BCUT2D eigenvalue weighted by atomic mass is 10.2. The van der Waals surface area contributed by atoms with Gasteiger partial charge in [0.05, 0.1) is 13.7 Å². The summed E-state index contributed by atoms with van der Waals surface area (Å²) in [6.45, 7) is 0.504. The molecule has 0 bridgehead atoms. The predicted molar refractivity (Wildman–Crippen MR) is 60.6 cm³/mol. The van der Waals surface area contributed by atoms with E-state index in [1.54, 1.807) is 23.9 Å². The van der Waals surface area contributed by atoms with E-state index in [-0.39, 0.29) is 5.69 Å². The number of nitrogens with zero attached hydrogens (tertiary/aromatic N) is 2. The smallest absolute Gasteiger partial charge is 0.347 e. The maximum atomic E-state index is 11.4. The molecular weight excluding hydrogens is 204 g/mol. The molecule has 2 rings (SSSR count). The SMILES string of the molecule is COc1cccc(Cn2cccnc2=O)c1. The zero-order chi connectivity index (χ0) is 11.4. The highest BCUT2D eigenvalue weighted by Crippen LogP contribution is 2.12. The molecule has 0 radical (unpaired) electrons. The van der Waals surface area contributed by atoms with E-state index in [0.717, 1.165) is 11.3 Å². The fourth-order valence-electron chi connectivity index (χ4n) is 1.47. The first kappa shape index (κ1) is 10.4. The van der Waals surface area contributed by atoms with Crippen LogP contribution in [0.4, 0.5) is 0 Å². The van der Waals surface area contributed by atoms with Crippen LogP contribution in [0.15, 0.2) is 47.5 Å². The Bertz CT molecular complexity index is 534. The minimum atomic E-state index is -0.245. The van der Waals surface area contributed by atoms with Crippen molar-refractivity contribution < 1.29 is 4.74 Å². The maximum absolute atomic E-state index is 11.4. The molecule has 0 fully saturated rings. The molecule has 0 aliphatic rings. The van der Waals surface area contributed by atoms with Crippen LogP contribution in [0.25, 0.3) is 0 Å². The van der Waals surface area contributed by atoms with Crippen molar-refractivity contribution in [2.45, 2.75) is 6.54 Å². The van der Waals surface area contributed by atoms with Crippen LogP contribution >= 0.6 is 0 Å². The molecule has 1 aromatic carbocycles. The highest BCUT2D eigenvalue weighted by Gasteiger charge is 1.99. The Morgan fingerprint density at radius 2 is 2.25 bits per heavy atom. The third kappa shape index (κ3) is 2.28. The molecule has 0 N–H and O–H groups in total.